The third-order valence-electron chi connectivity index (χ3n) is 3.01. The van der Waals surface area contributed by atoms with Gasteiger partial charge in [-0.25, -0.2) is 4.39 Å². The molecule has 1 heterocycles. The maximum Gasteiger partial charge on any atom is 0.269 e. The van der Waals surface area contributed by atoms with Crippen molar-refractivity contribution in [3.63, 3.8) is 0 Å². The van der Waals surface area contributed by atoms with Gasteiger partial charge in [0.2, 0.25) is 5.96 Å². The molecule has 1 fully saturated rings. The Bertz CT molecular complexity index is 553. The van der Waals surface area contributed by atoms with Gasteiger partial charge in [-0.1, -0.05) is 0 Å². The molecule has 0 aliphatic carbocycles. The summed E-state index contributed by atoms with van der Waals surface area (Å²) in [5, 5.41) is 21.4. The van der Waals surface area contributed by atoms with Gasteiger partial charge in [0.1, 0.15) is 5.82 Å². The van der Waals surface area contributed by atoms with Crippen molar-refractivity contribution in [3.05, 3.63) is 39.7 Å². The largest absolute Gasteiger partial charge is 0.345 e. The van der Waals surface area contributed by atoms with Crippen LogP contribution in [0.5, 0.6) is 0 Å². The number of hydrogen-bond donors (Lipinski definition) is 2. The number of benzene rings is 1. The smallest absolute Gasteiger partial charge is 0.269 e. The van der Waals surface area contributed by atoms with Crippen LogP contribution in [-0.4, -0.2) is 28.0 Å². The van der Waals surface area contributed by atoms with Crippen LogP contribution in [0.3, 0.4) is 0 Å². The second-order valence-electron chi connectivity index (χ2n) is 4.50. The van der Waals surface area contributed by atoms with Gasteiger partial charge in [-0.3, -0.25) is 19.8 Å². The average molecular weight is 284 g/mol. The molecule has 1 saturated heterocycles. The fourth-order valence-corrected chi connectivity index (χ4v) is 2.72. The lowest BCUT2D eigenvalue weighted by molar-refractivity contribution is -0.385. The molecule has 2 N–H and O–H groups in total. The average Bonchev–Trinajstić information content (AvgIpc) is 2.34. The normalized spacial score (nSPS) is 23.1. The number of nitrogens with zero attached hydrogens (tertiary/aromatic N) is 2. The summed E-state index contributed by atoms with van der Waals surface area (Å²) >= 11 is 1.36. The number of hydrogen-bond acceptors (Lipinski definition) is 4. The molecular formula is C11H13FN4O2S. The van der Waals surface area contributed by atoms with E-state index in [9.17, 15) is 14.5 Å². The Labute approximate surface area is 113 Å². The lowest BCUT2D eigenvalue weighted by atomic mass is 9.93. The number of guanidine groups is 1. The van der Waals surface area contributed by atoms with Gasteiger partial charge in [-0.15, -0.1) is 0 Å². The van der Waals surface area contributed by atoms with E-state index >= 15 is 0 Å². The summed E-state index contributed by atoms with van der Waals surface area (Å²) in [6.45, 7) is 1.73. The molecule has 0 saturated carbocycles. The molecular weight excluding hydrogens is 271 g/mol. The molecule has 0 spiro atoms. The van der Waals surface area contributed by atoms with Crippen LogP contribution < -0.4 is 5.32 Å². The van der Waals surface area contributed by atoms with E-state index in [0.29, 0.717) is 5.75 Å². The third-order valence-corrected chi connectivity index (χ3v) is 4.29. The Kier molecular flexibility index (Phi) is 3.36. The highest BCUT2D eigenvalue weighted by Gasteiger charge is 2.36. The van der Waals surface area contributed by atoms with Crippen LogP contribution in [0, 0.1) is 21.3 Å². The second kappa shape index (κ2) is 4.69. The molecule has 0 aromatic heterocycles. The van der Waals surface area contributed by atoms with Crippen molar-refractivity contribution in [2.24, 2.45) is 0 Å². The molecule has 1 aliphatic heterocycles. The first-order valence-corrected chi connectivity index (χ1v) is 6.45. The Morgan fingerprint density at radius 3 is 2.89 bits per heavy atom. The predicted molar refractivity (Wildman–Crippen MR) is 71.5 cm³/mol. The molecule has 0 amide bonds. The van der Waals surface area contributed by atoms with E-state index in [1.165, 1.54) is 18.0 Å². The van der Waals surface area contributed by atoms with Crippen molar-refractivity contribution in [1.29, 1.82) is 5.41 Å². The molecule has 0 unspecified atom stereocenters. The van der Waals surface area contributed by atoms with Crippen LogP contribution in [0.1, 0.15) is 12.5 Å². The van der Waals surface area contributed by atoms with Gasteiger partial charge < -0.3 is 5.32 Å². The van der Waals surface area contributed by atoms with Crippen LogP contribution in [0.2, 0.25) is 0 Å². The minimum Gasteiger partial charge on any atom is -0.345 e. The van der Waals surface area contributed by atoms with E-state index in [-0.39, 0.29) is 17.2 Å². The molecule has 1 aromatic rings. The van der Waals surface area contributed by atoms with E-state index < -0.39 is 16.3 Å². The molecule has 8 heteroatoms. The number of non-ortho nitro benzene ring substituents is 1. The highest BCUT2D eigenvalue weighted by molar-refractivity contribution is 7.97. The molecule has 102 valence electrons. The van der Waals surface area contributed by atoms with E-state index in [0.717, 1.165) is 12.1 Å². The minimum atomic E-state index is -0.843. The molecule has 1 aromatic carbocycles. The lowest BCUT2D eigenvalue weighted by Crippen LogP contribution is -2.54. The summed E-state index contributed by atoms with van der Waals surface area (Å²) < 4.78 is 15.6. The zero-order valence-electron chi connectivity index (χ0n) is 10.4. The SMILES string of the molecule is CN1SC[C@@](C)(c2cc([N+](=O)[O-])ccc2F)NC1=N. The Morgan fingerprint density at radius 1 is 1.63 bits per heavy atom. The summed E-state index contributed by atoms with van der Waals surface area (Å²) in [6.07, 6.45) is 0. The highest BCUT2D eigenvalue weighted by Crippen LogP contribution is 2.33. The first-order valence-electron chi connectivity index (χ1n) is 5.51. The molecule has 6 nitrogen and oxygen atoms in total. The maximum atomic E-state index is 13.9. The summed E-state index contributed by atoms with van der Waals surface area (Å²) in [4.78, 5) is 10.2. The number of nitrogens with one attached hydrogen (secondary N) is 2. The zero-order valence-corrected chi connectivity index (χ0v) is 11.3. The Morgan fingerprint density at radius 2 is 2.32 bits per heavy atom. The van der Waals surface area contributed by atoms with Crippen LogP contribution >= 0.6 is 11.9 Å². The first-order chi connectivity index (χ1) is 8.83. The van der Waals surface area contributed by atoms with Gasteiger partial charge >= 0.3 is 0 Å². The molecule has 0 bridgehead atoms. The van der Waals surface area contributed by atoms with Crippen molar-refractivity contribution in [3.8, 4) is 0 Å². The van der Waals surface area contributed by atoms with E-state index in [2.05, 4.69) is 5.32 Å². The fourth-order valence-electron chi connectivity index (χ4n) is 1.86. The molecule has 1 aliphatic rings. The molecule has 19 heavy (non-hydrogen) atoms. The summed E-state index contributed by atoms with van der Waals surface area (Å²) in [7, 11) is 1.73. The van der Waals surface area contributed by atoms with Gasteiger partial charge in [0, 0.05) is 30.5 Å². The predicted octanol–water partition coefficient (Wildman–Crippen LogP) is 2.07. The van der Waals surface area contributed by atoms with Crippen LogP contribution in [0.25, 0.3) is 0 Å². The van der Waals surface area contributed by atoms with Crippen molar-refractivity contribution in [2.75, 3.05) is 12.8 Å². The first kappa shape index (κ1) is 13.6. The van der Waals surface area contributed by atoms with Crippen molar-refractivity contribution >= 4 is 23.6 Å². The summed E-state index contributed by atoms with van der Waals surface area (Å²) in [6, 6.07) is 3.45. The molecule has 2 rings (SSSR count). The number of nitro groups is 1. The summed E-state index contributed by atoms with van der Waals surface area (Å²) in [5.41, 5.74) is -0.799. The van der Waals surface area contributed by atoms with Gasteiger partial charge in [-0.05, 0) is 24.9 Å². The van der Waals surface area contributed by atoms with Crippen LogP contribution in [0.15, 0.2) is 18.2 Å². The highest BCUT2D eigenvalue weighted by atomic mass is 32.2. The zero-order chi connectivity index (χ0) is 14.2. The number of nitro benzene ring substituents is 1. The lowest BCUT2D eigenvalue weighted by Gasteiger charge is -2.39. The second-order valence-corrected chi connectivity index (χ2v) is 5.59. The van der Waals surface area contributed by atoms with E-state index in [1.807, 2.05) is 0 Å². The van der Waals surface area contributed by atoms with Crippen molar-refractivity contribution < 1.29 is 9.31 Å². The molecule has 0 radical (unpaired) electrons. The van der Waals surface area contributed by atoms with Crippen LogP contribution in [-0.2, 0) is 5.54 Å². The van der Waals surface area contributed by atoms with E-state index in [1.54, 1.807) is 18.3 Å². The molecule has 1 atom stereocenters. The topological polar surface area (TPSA) is 82.3 Å². The summed E-state index contributed by atoms with van der Waals surface area (Å²) in [5.74, 6) is 0.104. The van der Waals surface area contributed by atoms with Gasteiger partial charge in [0.25, 0.3) is 5.69 Å². The fraction of sp³-hybridized carbons (Fsp3) is 0.364. The van der Waals surface area contributed by atoms with Crippen LogP contribution in [0.4, 0.5) is 10.1 Å². The maximum absolute atomic E-state index is 13.9. The quantitative estimate of drug-likeness (QED) is 0.493. The monoisotopic (exact) mass is 284 g/mol. The van der Waals surface area contributed by atoms with Crippen molar-refractivity contribution in [1.82, 2.24) is 9.62 Å². The Balaban J connectivity index is 2.42. The third kappa shape index (κ3) is 2.48. The Hall–Kier alpha value is -1.83. The van der Waals surface area contributed by atoms with Gasteiger partial charge in [0.05, 0.1) is 10.5 Å². The number of halogens is 1. The minimum absolute atomic E-state index is 0.143. The van der Waals surface area contributed by atoms with Gasteiger partial charge in [0.15, 0.2) is 0 Å². The van der Waals surface area contributed by atoms with Gasteiger partial charge in [-0.2, -0.15) is 0 Å². The standard InChI is InChI=1S/C11H13FN4O2S/c1-11(6-19-15(2)10(13)14-11)8-5-7(16(17)18)3-4-9(8)12/h3-5H,6H2,1-2H3,(H2,13,14)/t11-/m0/s1. The number of rotatable bonds is 2. The van der Waals surface area contributed by atoms with E-state index in [4.69, 9.17) is 5.41 Å². The van der Waals surface area contributed by atoms with Crippen molar-refractivity contribution in [2.45, 2.75) is 12.5 Å².